The molecule has 2 aromatic rings. The molecule has 1 N–H and O–H groups in total. The summed E-state index contributed by atoms with van der Waals surface area (Å²) in [4.78, 5) is 12.3. The Morgan fingerprint density at radius 3 is 2.33 bits per heavy atom. The van der Waals surface area contributed by atoms with Gasteiger partial charge < -0.3 is 10.2 Å². The minimum atomic E-state index is -1.88. The lowest BCUT2D eigenvalue weighted by molar-refractivity contribution is -0.377. The second kappa shape index (κ2) is 8.13. The number of rotatable bonds is 4. The van der Waals surface area contributed by atoms with Crippen LogP contribution in [-0.4, -0.2) is 22.9 Å². The van der Waals surface area contributed by atoms with Crippen LogP contribution in [0.25, 0.3) is 5.70 Å². The fourth-order valence-corrected chi connectivity index (χ4v) is 3.22. The summed E-state index contributed by atoms with van der Waals surface area (Å²) in [6.45, 7) is 2.69. The van der Waals surface area contributed by atoms with Crippen LogP contribution < -0.4 is 5.32 Å². The SMILES string of the molecule is Cc1ccc(CN2CCN/C2=C(/c2c(F)c(F)c(C#N)c(F)c2C#N)[N+](=O)[O-])cc1. The van der Waals surface area contributed by atoms with Crippen LogP contribution in [0, 0.1) is 57.2 Å². The topological polar surface area (TPSA) is 106 Å². The van der Waals surface area contributed by atoms with Crippen LogP contribution >= 0.6 is 0 Å². The Morgan fingerprint density at radius 2 is 1.77 bits per heavy atom. The molecule has 3 rings (SSSR count). The average Bonchev–Trinajstić information content (AvgIpc) is 3.15. The van der Waals surface area contributed by atoms with Crippen LogP contribution in [0.4, 0.5) is 13.2 Å². The maximum Gasteiger partial charge on any atom is 0.320 e. The van der Waals surface area contributed by atoms with Gasteiger partial charge in [0.25, 0.3) is 0 Å². The fourth-order valence-electron chi connectivity index (χ4n) is 3.22. The quantitative estimate of drug-likeness (QED) is 0.469. The van der Waals surface area contributed by atoms with E-state index in [1.54, 1.807) is 0 Å². The van der Waals surface area contributed by atoms with Gasteiger partial charge in [0, 0.05) is 19.6 Å². The van der Waals surface area contributed by atoms with Crippen molar-refractivity contribution >= 4 is 5.70 Å². The number of nitro groups is 1. The van der Waals surface area contributed by atoms with E-state index in [0.717, 1.165) is 17.2 Å². The summed E-state index contributed by atoms with van der Waals surface area (Å²) in [5.41, 5.74) is -2.69. The lowest BCUT2D eigenvalue weighted by atomic mass is 9.99. The van der Waals surface area contributed by atoms with Crippen LogP contribution in [-0.2, 0) is 6.54 Å². The number of nitriles is 2. The van der Waals surface area contributed by atoms with Gasteiger partial charge in [0.2, 0.25) is 0 Å². The van der Waals surface area contributed by atoms with Gasteiger partial charge in [0.1, 0.15) is 28.8 Å². The van der Waals surface area contributed by atoms with Gasteiger partial charge in [-0.15, -0.1) is 0 Å². The van der Waals surface area contributed by atoms with Crippen molar-refractivity contribution in [2.75, 3.05) is 13.1 Å². The summed E-state index contributed by atoms with van der Waals surface area (Å²) in [6.07, 6.45) is 0. The molecule has 1 saturated heterocycles. The zero-order valence-electron chi connectivity index (χ0n) is 15.7. The third-order valence-corrected chi connectivity index (χ3v) is 4.67. The van der Waals surface area contributed by atoms with Gasteiger partial charge >= 0.3 is 5.70 Å². The maximum atomic E-state index is 14.7. The Bertz CT molecular complexity index is 1150. The number of aryl methyl sites for hydroxylation is 1. The fraction of sp³-hybridized carbons (Fsp3) is 0.200. The summed E-state index contributed by atoms with van der Waals surface area (Å²) in [6, 6.07) is 9.81. The first kappa shape index (κ1) is 20.7. The van der Waals surface area contributed by atoms with Gasteiger partial charge in [0.05, 0.1) is 4.92 Å². The highest BCUT2D eigenvalue weighted by molar-refractivity contribution is 5.69. The van der Waals surface area contributed by atoms with Crippen molar-refractivity contribution in [1.82, 2.24) is 10.2 Å². The molecule has 0 aliphatic carbocycles. The Kier molecular flexibility index (Phi) is 5.61. The second-order valence-corrected chi connectivity index (χ2v) is 6.58. The molecule has 7 nitrogen and oxygen atoms in total. The zero-order valence-corrected chi connectivity index (χ0v) is 15.7. The molecule has 1 aliphatic heterocycles. The molecule has 1 aliphatic rings. The molecule has 0 spiro atoms. The van der Waals surface area contributed by atoms with E-state index in [9.17, 15) is 28.5 Å². The molecule has 10 heteroatoms. The Labute approximate surface area is 169 Å². The molecular weight excluding hydrogens is 399 g/mol. The van der Waals surface area contributed by atoms with Crippen molar-refractivity contribution < 1.29 is 18.1 Å². The van der Waals surface area contributed by atoms with E-state index in [4.69, 9.17) is 5.26 Å². The molecule has 1 fully saturated rings. The van der Waals surface area contributed by atoms with Gasteiger partial charge in [0.15, 0.2) is 23.3 Å². The molecule has 30 heavy (non-hydrogen) atoms. The number of nitrogens with one attached hydrogen (secondary N) is 1. The lowest BCUT2D eigenvalue weighted by Gasteiger charge is -2.20. The number of nitrogens with zero attached hydrogens (tertiary/aromatic N) is 4. The van der Waals surface area contributed by atoms with Gasteiger partial charge in [-0.1, -0.05) is 29.8 Å². The Morgan fingerprint density at radius 1 is 1.13 bits per heavy atom. The van der Waals surface area contributed by atoms with Crippen molar-refractivity contribution in [3.63, 3.8) is 0 Å². The van der Waals surface area contributed by atoms with E-state index in [1.807, 2.05) is 31.2 Å². The van der Waals surface area contributed by atoms with Crippen LogP contribution in [0.5, 0.6) is 0 Å². The molecule has 2 aromatic carbocycles. The summed E-state index contributed by atoms with van der Waals surface area (Å²) >= 11 is 0. The molecule has 0 unspecified atom stereocenters. The normalized spacial score (nSPS) is 14.7. The molecule has 152 valence electrons. The second-order valence-electron chi connectivity index (χ2n) is 6.58. The van der Waals surface area contributed by atoms with E-state index in [0.29, 0.717) is 6.54 Å². The van der Waals surface area contributed by atoms with Crippen molar-refractivity contribution in [2.24, 2.45) is 0 Å². The summed E-state index contributed by atoms with van der Waals surface area (Å²) < 4.78 is 43.4. The minimum Gasteiger partial charge on any atom is -0.364 e. The molecule has 0 aromatic heterocycles. The number of halogens is 3. The van der Waals surface area contributed by atoms with E-state index < -0.39 is 44.8 Å². The lowest BCUT2D eigenvalue weighted by Crippen LogP contribution is -2.24. The number of hydrogen-bond donors (Lipinski definition) is 1. The van der Waals surface area contributed by atoms with E-state index in [2.05, 4.69) is 5.32 Å². The largest absolute Gasteiger partial charge is 0.364 e. The van der Waals surface area contributed by atoms with Crippen molar-refractivity contribution in [3.05, 3.63) is 85.5 Å². The summed E-state index contributed by atoms with van der Waals surface area (Å²) in [5.74, 6) is -5.52. The van der Waals surface area contributed by atoms with Crippen molar-refractivity contribution in [1.29, 1.82) is 10.5 Å². The van der Waals surface area contributed by atoms with Gasteiger partial charge in [-0.3, -0.25) is 10.1 Å². The average molecular weight is 413 g/mol. The van der Waals surface area contributed by atoms with Crippen molar-refractivity contribution in [2.45, 2.75) is 13.5 Å². The van der Waals surface area contributed by atoms with Crippen LogP contribution in [0.2, 0.25) is 0 Å². The third kappa shape index (κ3) is 3.51. The van der Waals surface area contributed by atoms with Gasteiger partial charge in [-0.2, -0.15) is 10.5 Å². The summed E-state index contributed by atoms with van der Waals surface area (Å²) in [7, 11) is 0. The first-order chi connectivity index (χ1) is 14.3. The highest BCUT2D eigenvalue weighted by atomic mass is 19.2. The van der Waals surface area contributed by atoms with Crippen LogP contribution in [0.1, 0.15) is 27.8 Å². The minimum absolute atomic E-state index is 0.167. The van der Waals surface area contributed by atoms with Crippen molar-refractivity contribution in [3.8, 4) is 12.1 Å². The zero-order chi connectivity index (χ0) is 22.0. The molecule has 0 saturated carbocycles. The Hall–Kier alpha value is -4.05. The number of benzene rings is 2. The predicted molar refractivity (Wildman–Crippen MR) is 99.3 cm³/mol. The van der Waals surface area contributed by atoms with E-state index >= 15 is 0 Å². The molecule has 0 bridgehead atoms. The maximum absolute atomic E-state index is 14.7. The standard InChI is InChI=1S/C20H14F3N5O2/c1-11-2-4-12(5-3-11)10-27-7-6-26-20(27)19(28(29)30)15-13(8-24)16(21)14(9-25)17(22)18(15)23/h2-5,26H,6-7,10H2,1H3/b20-19+. The monoisotopic (exact) mass is 413 g/mol. The first-order valence-corrected chi connectivity index (χ1v) is 8.74. The van der Waals surface area contributed by atoms with Crippen LogP contribution in [0.3, 0.4) is 0 Å². The summed E-state index contributed by atoms with van der Waals surface area (Å²) in [5, 5.41) is 32.7. The molecule has 0 atom stereocenters. The first-order valence-electron chi connectivity index (χ1n) is 8.74. The van der Waals surface area contributed by atoms with Gasteiger partial charge in [-0.25, -0.2) is 13.2 Å². The molecule has 0 radical (unpaired) electrons. The predicted octanol–water partition coefficient (Wildman–Crippen LogP) is 3.16. The molecular formula is C20H14F3N5O2. The molecule has 1 heterocycles. The van der Waals surface area contributed by atoms with E-state index in [1.165, 1.54) is 11.0 Å². The third-order valence-electron chi connectivity index (χ3n) is 4.67. The van der Waals surface area contributed by atoms with Crippen LogP contribution in [0.15, 0.2) is 30.1 Å². The van der Waals surface area contributed by atoms with E-state index in [-0.39, 0.29) is 18.9 Å². The highest BCUT2D eigenvalue weighted by Crippen LogP contribution is 2.33. The molecule has 0 amide bonds. The Balaban J connectivity index is 2.22. The highest BCUT2D eigenvalue weighted by Gasteiger charge is 2.37. The smallest absolute Gasteiger partial charge is 0.320 e. The van der Waals surface area contributed by atoms with Gasteiger partial charge in [-0.05, 0) is 12.5 Å². The number of hydrogen-bond acceptors (Lipinski definition) is 6.